The molecular weight excluding hydrogens is 280 g/mol. The third-order valence-electron chi connectivity index (χ3n) is 3.40. The molecule has 7 heteroatoms. The molecule has 3 N–H and O–H groups in total. The van der Waals surface area contributed by atoms with Crippen LogP contribution in [0, 0.1) is 0 Å². The number of nitrogens with one attached hydrogen (secondary N) is 1. The van der Waals surface area contributed by atoms with Crippen LogP contribution in [0.1, 0.15) is 23.2 Å². The molecule has 6 nitrogen and oxygen atoms in total. The molecule has 1 aromatic rings. The van der Waals surface area contributed by atoms with Gasteiger partial charge in [-0.2, -0.15) is 0 Å². The van der Waals surface area contributed by atoms with Crippen molar-refractivity contribution in [2.45, 2.75) is 18.9 Å². The topological polar surface area (TPSA) is 98.5 Å². The minimum absolute atomic E-state index is 0.110. The molecule has 1 heterocycles. The van der Waals surface area contributed by atoms with Gasteiger partial charge in [-0.25, -0.2) is 8.42 Å². The third kappa shape index (κ3) is 3.22. The molecule has 110 valence electrons. The fraction of sp³-hybridized carbons (Fsp3) is 0.462. The summed E-state index contributed by atoms with van der Waals surface area (Å²) >= 11 is 0. The van der Waals surface area contributed by atoms with Crippen molar-refractivity contribution >= 4 is 21.4 Å². The lowest BCUT2D eigenvalue weighted by atomic mass is 10.1. The molecule has 0 spiro atoms. The van der Waals surface area contributed by atoms with Crippen molar-refractivity contribution in [2.75, 3.05) is 24.3 Å². The highest BCUT2D eigenvalue weighted by atomic mass is 32.2. The van der Waals surface area contributed by atoms with Crippen LogP contribution in [-0.4, -0.2) is 39.0 Å². The molecule has 0 aromatic heterocycles. The fourth-order valence-corrected chi connectivity index (χ4v) is 3.74. The first-order valence-corrected chi connectivity index (χ1v) is 8.19. The molecule has 2 rings (SSSR count). The summed E-state index contributed by atoms with van der Waals surface area (Å²) in [6.45, 7) is 0. The Morgan fingerprint density at radius 2 is 2.00 bits per heavy atom. The Labute approximate surface area is 118 Å². The van der Waals surface area contributed by atoms with Gasteiger partial charge in [-0.3, -0.25) is 4.79 Å². The van der Waals surface area contributed by atoms with E-state index in [-0.39, 0.29) is 23.5 Å². The number of carbonyl (C=O) groups is 1. The Morgan fingerprint density at radius 3 is 2.60 bits per heavy atom. The van der Waals surface area contributed by atoms with Gasteiger partial charge >= 0.3 is 0 Å². The molecule has 1 fully saturated rings. The number of nitrogens with two attached hydrogens (primary N) is 1. The van der Waals surface area contributed by atoms with Crippen LogP contribution in [0.2, 0.25) is 0 Å². The lowest BCUT2D eigenvalue weighted by Crippen LogP contribution is -2.41. The first-order valence-electron chi connectivity index (χ1n) is 6.37. The second kappa shape index (κ2) is 5.70. The van der Waals surface area contributed by atoms with Gasteiger partial charge in [-0.1, -0.05) is 6.07 Å². The van der Waals surface area contributed by atoms with Gasteiger partial charge in [0, 0.05) is 11.7 Å². The first-order chi connectivity index (χ1) is 9.43. The Kier molecular flexibility index (Phi) is 4.17. The van der Waals surface area contributed by atoms with Crippen molar-refractivity contribution < 1.29 is 17.9 Å². The minimum Gasteiger partial charge on any atom is -0.496 e. The van der Waals surface area contributed by atoms with E-state index in [1.54, 1.807) is 18.2 Å². The van der Waals surface area contributed by atoms with Crippen LogP contribution in [0.4, 0.5) is 5.69 Å². The Morgan fingerprint density at radius 1 is 1.35 bits per heavy atom. The van der Waals surface area contributed by atoms with E-state index < -0.39 is 9.84 Å². The van der Waals surface area contributed by atoms with Crippen LogP contribution >= 0.6 is 0 Å². The summed E-state index contributed by atoms with van der Waals surface area (Å²) in [6, 6.07) is 4.85. The zero-order chi connectivity index (χ0) is 14.8. The predicted octanol–water partition coefficient (Wildman–Crippen LogP) is 0.584. The third-order valence-corrected chi connectivity index (χ3v) is 5.11. The monoisotopic (exact) mass is 298 g/mol. The Balaban J connectivity index is 2.10. The maximum atomic E-state index is 12.3. The Bertz CT molecular complexity index is 599. The van der Waals surface area contributed by atoms with Gasteiger partial charge in [-0.05, 0) is 25.0 Å². The molecule has 0 radical (unpaired) electrons. The quantitative estimate of drug-likeness (QED) is 0.796. The molecule has 0 bridgehead atoms. The van der Waals surface area contributed by atoms with Crippen molar-refractivity contribution in [2.24, 2.45) is 0 Å². The zero-order valence-electron chi connectivity index (χ0n) is 11.3. The van der Waals surface area contributed by atoms with Crippen molar-refractivity contribution in [3.05, 3.63) is 23.8 Å². The molecule has 1 aliphatic heterocycles. The number of methoxy groups -OCH3 is 1. The number of anilines is 1. The fourth-order valence-electron chi connectivity index (χ4n) is 2.25. The van der Waals surface area contributed by atoms with Crippen LogP contribution in [0.5, 0.6) is 5.75 Å². The van der Waals surface area contributed by atoms with Crippen LogP contribution in [0.3, 0.4) is 0 Å². The Hall–Kier alpha value is -1.76. The smallest absolute Gasteiger partial charge is 0.257 e. The molecule has 0 unspecified atom stereocenters. The summed E-state index contributed by atoms with van der Waals surface area (Å²) in [4.78, 5) is 12.3. The number of amides is 1. The van der Waals surface area contributed by atoms with Gasteiger partial charge in [0.15, 0.2) is 0 Å². The van der Waals surface area contributed by atoms with E-state index in [0.717, 1.165) is 0 Å². The standard InChI is InChI=1S/C13H18N2O4S/c1-19-11-4-2-3-10(14)12(11)13(16)15-9-5-7-20(17,18)8-6-9/h2-4,9H,5-8,14H2,1H3,(H,15,16). The minimum atomic E-state index is -2.94. The predicted molar refractivity (Wildman–Crippen MR) is 76.5 cm³/mol. The van der Waals surface area contributed by atoms with E-state index in [1.165, 1.54) is 7.11 Å². The van der Waals surface area contributed by atoms with Crippen LogP contribution < -0.4 is 15.8 Å². The lowest BCUT2D eigenvalue weighted by Gasteiger charge is -2.23. The molecule has 0 aliphatic carbocycles. The number of ether oxygens (including phenoxy) is 1. The van der Waals surface area contributed by atoms with Crippen LogP contribution in [0.25, 0.3) is 0 Å². The second-order valence-corrected chi connectivity index (χ2v) is 7.13. The summed E-state index contributed by atoms with van der Waals surface area (Å²) < 4.78 is 27.8. The van der Waals surface area contributed by atoms with E-state index in [1.807, 2.05) is 0 Å². The number of rotatable bonds is 3. The molecule has 1 saturated heterocycles. The summed E-state index contributed by atoms with van der Waals surface area (Å²) in [5, 5.41) is 2.83. The first kappa shape index (κ1) is 14.6. The highest BCUT2D eigenvalue weighted by molar-refractivity contribution is 7.91. The largest absolute Gasteiger partial charge is 0.496 e. The SMILES string of the molecule is COc1cccc(N)c1C(=O)NC1CCS(=O)(=O)CC1. The second-order valence-electron chi connectivity index (χ2n) is 4.82. The number of hydrogen-bond donors (Lipinski definition) is 2. The van der Waals surface area contributed by atoms with Crippen molar-refractivity contribution in [1.82, 2.24) is 5.32 Å². The average Bonchev–Trinajstić information content (AvgIpc) is 2.40. The molecular formula is C13H18N2O4S. The molecule has 1 amide bonds. The summed E-state index contributed by atoms with van der Waals surface area (Å²) in [5.41, 5.74) is 6.44. The molecule has 1 aromatic carbocycles. The van der Waals surface area contributed by atoms with E-state index in [4.69, 9.17) is 10.5 Å². The van der Waals surface area contributed by atoms with Gasteiger partial charge in [0.1, 0.15) is 21.2 Å². The summed E-state index contributed by atoms with van der Waals surface area (Å²) in [5.74, 6) is 0.300. The molecule has 0 atom stereocenters. The molecule has 1 aliphatic rings. The van der Waals surface area contributed by atoms with E-state index >= 15 is 0 Å². The van der Waals surface area contributed by atoms with Gasteiger partial charge < -0.3 is 15.8 Å². The number of hydrogen-bond acceptors (Lipinski definition) is 5. The maximum Gasteiger partial charge on any atom is 0.257 e. The number of carbonyl (C=O) groups excluding carboxylic acids is 1. The molecule has 0 saturated carbocycles. The number of nitrogen functional groups attached to an aromatic ring is 1. The number of benzene rings is 1. The van der Waals surface area contributed by atoms with Crippen molar-refractivity contribution in [1.29, 1.82) is 0 Å². The lowest BCUT2D eigenvalue weighted by molar-refractivity contribution is 0.0932. The average molecular weight is 298 g/mol. The zero-order valence-corrected chi connectivity index (χ0v) is 12.1. The highest BCUT2D eigenvalue weighted by Gasteiger charge is 2.26. The highest BCUT2D eigenvalue weighted by Crippen LogP contribution is 2.24. The van der Waals surface area contributed by atoms with Gasteiger partial charge in [0.05, 0.1) is 18.6 Å². The maximum absolute atomic E-state index is 12.3. The molecule has 20 heavy (non-hydrogen) atoms. The van der Waals surface area contributed by atoms with Crippen LogP contribution in [0.15, 0.2) is 18.2 Å². The normalized spacial score (nSPS) is 18.4. The van der Waals surface area contributed by atoms with E-state index in [0.29, 0.717) is 29.8 Å². The summed E-state index contributed by atoms with van der Waals surface area (Å²) in [7, 11) is -1.47. The summed E-state index contributed by atoms with van der Waals surface area (Å²) in [6.07, 6.45) is 0.867. The van der Waals surface area contributed by atoms with Gasteiger partial charge in [0.25, 0.3) is 5.91 Å². The van der Waals surface area contributed by atoms with Gasteiger partial charge in [-0.15, -0.1) is 0 Å². The number of sulfone groups is 1. The van der Waals surface area contributed by atoms with E-state index in [2.05, 4.69) is 5.32 Å². The van der Waals surface area contributed by atoms with Crippen molar-refractivity contribution in [3.8, 4) is 5.75 Å². The van der Waals surface area contributed by atoms with Gasteiger partial charge in [0.2, 0.25) is 0 Å². The van der Waals surface area contributed by atoms with Crippen LogP contribution in [-0.2, 0) is 9.84 Å². The van der Waals surface area contributed by atoms with E-state index in [9.17, 15) is 13.2 Å². The van der Waals surface area contributed by atoms with Crippen molar-refractivity contribution in [3.63, 3.8) is 0 Å².